The van der Waals surface area contributed by atoms with Gasteiger partial charge in [-0.15, -0.1) is 0 Å². The standard InChI is InChI=1S/C12H16ClN3O4S/c1-15-6-4-9(5-7-15)14-21(19,20)10-2-3-11(13)12(8-10)16(17)18/h2-3,8-9,14H,4-7H2,1H3. The van der Waals surface area contributed by atoms with Gasteiger partial charge in [0.1, 0.15) is 5.02 Å². The molecule has 21 heavy (non-hydrogen) atoms. The Kier molecular flexibility index (Phi) is 4.82. The van der Waals surface area contributed by atoms with Gasteiger partial charge in [0.15, 0.2) is 0 Å². The van der Waals surface area contributed by atoms with Crippen molar-refractivity contribution in [1.82, 2.24) is 9.62 Å². The first kappa shape index (κ1) is 16.2. The third kappa shape index (κ3) is 3.91. The lowest BCUT2D eigenvalue weighted by atomic mass is 10.1. The van der Waals surface area contributed by atoms with Crippen LogP contribution in [0.5, 0.6) is 0 Å². The zero-order valence-corrected chi connectivity index (χ0v) is 13.0. The van der Waals surface area contributed by atoms with Crippen molar-refractivity contribution in [1.29, 1.82) is 0 Å². The molecule has 0 saturated carbocycles. The van der Waals surface area contributed by atoms with Crippen molar-refractivity contribution in [3.63, 3.8) is 0 Å². The molecule has 1 heterocycles. The molecule has 1 aliphatic rings. The molecule has 0 unspecified atom stereocenters. The van der Waals surface area contributed by atoms with Crippen LogP contribution in [0.4, 0.5) is 5.69 Å². The van der Waals surface area contributed by atoms with Gasteiger partial charge in [-0.3, -0.25) is 10.1 Å². The van der Waals surface area contributed by atoms with Crippen LogP contribution in [0.25, 0.3) is 0 Å². The van der Waals surface area contributed by atoms with Crippen LogP contribution in [0.1, 0.15) is 12.8 Å². The van der Waals surface area contributed by atoms with Crippen molar-refractivity contribution in [3.05, 3.63) is 33.3 Å². The SMILES string of the molecule is CN1CCC(NS(=O)(=O)c2ccc(Cl)c([N+](=O)[O-])c2)CC1. The summed E-state index contributed by atoms with van der Waals surface area (Å²) in [5.74, 6) is 0. The van der Waals surface area contributed by atoms with E-state index in [1.54, 1.807) is 0 Å². The van der Waals surface area contributed by atoms with Crippen molar-refractivity contribution in [2.45, 2.75) is 23.8 Å². The van der Waals surface area contributed by atoms with Crippen LogP contribution in [0.15, 0.2) is 23.1 Å². The molecule has 1 saturated heterocycles. The maximum atomic E-state index is 12.3. The maximum Gasteiger partial charge on any atom is 0.289 e. The first-order valence-electron chi connectivity index (χ1n) is 6.44. The Morgan fingerprint density at radius 2 is 2.00 bits per heavy atom. The Balaban J connectivity index is 2.20. The zero-order chi connectivity index (χ0) is 15.6. The molecule has 0 aromatic heterocycles. The van der Waals surface area contributed by atoms with E-state index in [-0.39, 0.29) is 16.0 Å². The quantitative estimate of drug-likeness (QED) is 0.667. The first-order chi connectivity index (χ1) is 9.79. The van der Waals surface area contributed by atoms with E-state index < -0.39 is 20.6 Å². The largest absolute Gasteiger partial charge is 0.306 e. The number of hydrogen-bond acceptors (Lipinski definition) is 5. The molecule has 0 atom stereocenters. The van der Waals surface area contributed by atoms with Crippen LogP contribution in [0.3, 0.4) is 0 Å². The van der Waals surface area contributed by atoms with Crippen LogP contribution < -0.4 is 4.72 Å². The van der Waals surface area contributed by atoms with Crippen LogP contribution in [-0.4, -0.2) is 44.4 Å². The van der Waals surface area contributed by atoms with Gasteiger partial charge in [0.25, 0.3) is 5.69 Å². The molecule has 0 bridgehead atoms. The fraction of sp³-hybridized carbons (Fsp3) is 0.500. The minimum Gasteiger partial charge on any atom is -0.306 e. The van der Waals surface area contributed by atoms with E-state index in [1.165, 1.54) is 12.1 Å². The third-order valence-corrected chi connectivity index (χ3v) is 5.30. The zero-order valence-electron chi connectivity index (χ0n) is 11.5. The summed E-state index contributed by atoms with van der Waals surface area (Å²) in [6, 6.07) is 3.33. The maximum absolute atomic E-state index is 12.3. The second kappa shape index (κ2) is 6.27. The second-order valence-corrected chi connectivity index (χ2v) is 7.19. The fourth-order valence-electron chi connectivity index (χ4n) is 2.21. The van der Waals surface area contributed by atoms with Gasteiger partial charge in [-0.05, 0) is 45.1 Å². The van der Waals surface area contributed by atoms with Crippen molar-refractivity contribution in [2.24, 2.45) is 0 Å². The number of nitro groups is 1. The smallest absolute Gasteiger partial charge is 0.289 e. The Morgan fingerprint density at radius 3 is 2.57 bits per heavy atom. The summed E-state index contributed by atoms with van der Waals surface area (Å²) >= 11 is 5.69. The lowest BCUT2D eigenvalue weighted by Crippen LogP contribution is -2.43. The molecule has 1 aliphatic heterocycles. The Morgan fingerprint density at radius 1 is 1.38 bits per heavy atom. The average molecular weight is 334 g/mol. The number of halogens is 1. The number of hydrogen-bond donors (Lipinski definition) is 1. The molecule has 1 N–H and O–H groups in total. The summed E-state index contributed by atoms with van der Waals surface area (Å²) in [5.41, 5.74) is -0.414. The summed E-state index contributed by atoms with van der Waals surface area (Å²) in [6.07, 6.45) is 1.43. The highest BCUT2D eigenvalue weighted by molar-refractivity contribution is 7.89. The molecule has 1 aromatic rings. The molecule has 1 aromatic carbocycles. The predicted octanol–water partition coefficient (Wildman–Crippen LogP) is 1.62. The summed E-state index contributed by atoms with van der Waals surface area (Å²) in [6.45, 7) is 1.63. The summed E-state index contributed by atoms with van der Waals surface area (Å²) < 4.78 is 27.2. The predicted molar refractivity (Wildman–Crippen MR) is 78.9 cm³/mol. The highest BCUT2D eigenvalue weighted by Gasteiger charge is 2.25. The molecule has 9 heteroatoms. The van der Waals surface area contributed by atoms with Crippen LogP contribution in [0, 0.1) is 10.1 Å². The van der Waals surface area contributed by atoms with E-state index in [2.05, 4.69) is 9.62 Å². The topological polar surface area (TPSA) is 92.6 Å². The molecule has 0 spiro atoms. The van der Waals surface area contributed by atoms with Gasteiger partial charge in [-0.25, -0.2) is 13.1 Å². The number of sulfonamides is 1. The van der Waals surface area contributed by atoms with Crippen LogP contribution in [0.2, 0.25) is 5.02 Å². The minimum absolute atomic E-state index is 0.0850. The third-order valence-electron chi connectivity index (χ3n) is 3.46. The molecular weight excluding hydrogens is 318 g/mol. The van der Waals surface area contributed by atoms with Crippen molar-refractivity contribution < 1.29 is 13.3 Å². The van der Waals surface area contributed by atoms with Gasteiger partial charge >= 0.3 is 0 Å². The summed E-state index contributed by atoms with van der Waals surface area (Å²) in [7, 11) is -1.80. The van der Waals surface area contributed by atoms with Crippen LogP contribution >= 0.6 is 11.6 Å². The number of likely N-dealkylation sites (tertiary alicyclic amines) is 1. The summed E-state index contributed by atoms with van der Waals surface area (Å²) in [5, 5.41) is 10.7. The normalized spacial score (nSPS) is 17.8. The number of nitrogens with zero attached hydrogens (tertiary/aromatic N) is 2. The lowest BCUT2D eigenvalue weighted by Gasteiger charge is -2.29. The van der Waals surface area contributed by atoms with Gasteiger partial charge in [0, 0.05) is 12.1 Å². The van der Waals surface area contributed by atoms with Crippen LogP contribution in [-0.2, 0) is 10.0 Å². The molecule has 2 rings (SSSR count). The number of rotatable bonds is 4. The van der Waals surface area contributed by atoms with E-state index in [0.29, 0.717) is 12.8 Å². The number of nitro benzene ring substituents is 1. The minimum atomic E-state index is -3.78. The Labute approximate surface area is 128 Å². The Hall–Kier alpha value is -1.22. The van der Waals surface area contributed by atoms with E-state index >= 15 is 0 Å². The van der Waals surface area contributed by atoms with Crippen molar-refractivity contribution in [2.75, 3.05) is 20.1 Å². The van der Waals surface area contributed by atoms with E-state index in [0.717, 1.165) is 19.2 Å². The highest BCUT2D eigenvalue weighted by atomic mass is 35.5. The molecule has 116 valence electrons. The van der Waals surface area contributed by atoms with Crippen molar-refractivity contribution >= 4 is 27.3 Å². The van der Waals surface area contributed by atoms with Gasteiger partial charge in [0.2, 0.25) is 10.0 Å². The number of nitrogens with one attached hydrogen (secondary N) is 1. The lowest BCUT2D eigenvalue weighted by molar-refractivity contribution is -0.384. The van der Waals surface area contributed by atoms with Gasteiger partial charge in [0.05, 0.1) is 9.82 Å². The molecule has 0 aliphatic carbocycles. The first-order valence-corrected chi connectivity index (χ1v) is 8.30. The van der Waals surface area contributed by atoms with E-state index in [4.69, 9.17) is 11.6 Å². The molecular formula is C12H16ClN3O4S. The van der Waals surface area contributed by atoms with Crippen molar-refractivity contribution in [3.8, 4) is 0 Å². The van der Waals surface area contributed by atoms with Gasteiger partial charge < -0.3 is 4.90 Å². The molecule has 0 amide bonds. The number of piperidine rings is 1. The Bertz CT molecular complexity index is 642. The monoisotopic (exact) mass is 333 g/mol. The molecule has 7 nitrogen and oxygen atoms in total. The van der Waals surface area contributed by atoms with E-state index in [9.17, 15) is 18.5 Å². The van der Waals surface area contributed by atoms with E-state index in [1.807, 2.05) is 7.05 Å². The molecule has 1 fully saturated rings. The molecule has 0 radical (unpaired) electrons. The highest BCUT2D eigenvalue weighted by Crippen LogP contribution is 2.27. The number of benzene rings is 1. The van der Waals surface area contributed by atoms with Gasteiger partial charge in [-0.1, -0.05) is 11.6 Å². The fourth-order valence-corrected chi connectivity index (χ4v) is 3.72. The second-order valence-electron chi connectivity index (χ2n) is 5.07. The van der Waals surface area contributed by atoms with Gasteiger partial charge in [-0.2, -0.15) is 0 Å². The summed E-state index contributed by atoms with van der Waals surface area (Å²) in [4.78, 5) is 12.1. The average Bonchev–Trinajstić information content (AvgIpc) is 2.41.